The van der Waals surface area contributed by atoms with E-state index in [2.05, 4.69) is 27.5 Å². The van der Waals surface area contributed by atoms with Gasteiger partial charge in [0.05, 0.1) is 6.10 Å². The second-order valence-corrected chi connectivity index (χ2v) is 5.17. The third kappa shape index (κ3) is 3.46. The van der Waals surface area contributed by atoms with Crippen LogP contribution in [-0.2, 0) is 6.42 Å². The first-order valence-electron chi connectivity index (χ1n) is 6.78. The van der Waals surface area contributed by atoms with Crippen LogP contribution in [0.5, 0.6) is 0 Å². The Bertz CT molecular complexity index is 530. The van der Waals surface area contributed by atoms with Crippen LogP contribution < -0.4 is 10.6 Å². The number of anilines is 2. The fourth-order valence-corrected chi connectivity index (χ4v) is 2.70. The fourth-order valence-electron chi connectivity index (χ4n) is 2.00. The van der Waals surface area contributed by atoms with Gasteiger partial charge in [0.1, 0.15) is 18.0 Å². The lowest BCUT2D eigenvalue weighted by molar-refractivity contribution is 0.192. The molecule has 0 bridgehead atoms. The van der Waals surface area contributed by atoms with Crippen LogP contribution in [0.1, 0.15) is 31.1 Å². The van der Waals surface area contributed by atoms with E-state index in [0.717, 1.165) is 35.7 Å². The van der Waals surface area contributed by atoms with E-state index >= 15 is 0 Å². The normalized spacial score (nSPS) is 12.2. The highest BCUT2D eigenvalue weighted by Crippen LogP contribution is 2.22. The molecule has 5 nitrogen and oxygen atoms in total. The monoisotopic (exact) mass is 292 g/mol. The van der Waals surface area contributed by atoms with Crippen LogP contribution in [0.3, 0.4) is 0 Å². The average molecular weight is 292 g/mol. The smallest absolute Gasteiger partial charge is 0.134 e. The molecule has 2 aromatic heterocycles. The lowest BCUT2D eigenvalue weighted by atomic mass is 10.2. The average Bonchev–Trinajstić information content (AvgIpc) is 2.99. The van der Waals surface area contributed by atoms with Crippen molar-refractivity contribution in [3.63, 3.8) is 0 Å². The van der Waals surface area contributed by atoms with Gasteiger partial charge in [-0.25, -0.2) is 9.97 Å². The lowest BCUT2D eigenvalue weighted by Gasteiger charge is -2.15. The summed E-state index contributed by atoms with van der Waals surface area (Å²) in [5.41, 5.74) is 1.98. The number of aromatic nitrogens is 2. The van der Waals surface area contributed by atoms with Crippen molar-refractivity contribution in [1.29, 1.82) is 0 Å². The SMILES string of the molecule is CCNc1ncnc(NCC(O)c2ccsc2)c1CC. The van der Waals surface area contributed by atoms with E-state index in [0.29, 0.717) is 6.54 Å². The molecule has 108 valence electrons. The van der Waals surface area contributed by atoms with E-state index < -0.39 is 6.10 Å². The molecule has 0 radical (unpaired) electrons. The van der Waals surface area contributed by atoms with Gasteiger partial charge in [-0.05, 0) is 35.7 Å². The number of aliphatic hydroxyl groups is 1. The third-order valence-corrected chi connectivity index (χ3v) is 3.74. The van der Waals surface area contributed by atoms with Crippen LogP contribution in [0, 0.1) is 0 Å². The molecule has 0 amide bonds. The molecular weight excluding hydrogens is 272 g/mol. The molecule has 0 saturated heterocycles. The first kappa shape index (κ1) is 14.7. The van der Waals surface area contributed by atoms with Gasteiger partial charge in [-0.15, -0.1) is 0 Å². The van der Waals surface area contributed by atoms with Gasteiger partial charge < -0.3 is 15.7 Å². The first-order chi connectivity index (χ1) is 9.76. The summed E-state index contributed by atoms with van der Waals surface area (Å²) < 4.78 is 0. The van der Waals surface area contributed by atoms with Gasteiger partial charge in [0, 0.05) is 18.7 Å². The number of nitrogens with zero attached hydrogens (tertiary/aromatic N) is 2. The maximum atomic E-state index is 10.1. The Morgan fingerprint density at radius 3 is 2.60 bits per heavy atom. The minimum absolute atomic E-state index is 0.437. The molecule has 0 aliphatic heterocycles. The Hall–Kier alpha value is -1.66. The fraction of sp³-hybridized carbons (Fsp3) is 0.429. The Morgan fingerprint density at radius 2 is 2.00 bits per heavy atom. The molecule has 2 aromatic rings. The molecule has 1 atom stereocenters. The lowest BCUT2D eigenvalue weighted by Crippen LogP contribution is -2.15. The van der Waals surface area contributed by atoms with Crippen LogP contribution in [0.2, 0.25) is 0 Å². The molecule has 0 spiro atoms. The van der Waals surface area contributed by atoms with Crippen molar-refractivity contribution in [3.8, 4) is 0 Å². The van der Waals surface area contributed by atoms with Gasteiger partial charge >= 0.3 is 0 Å². The summed E-state index contributed by atoms with van der Waals surface area (Å²) in [7, 11) is 0. The van der Waals surface area contributed by atoms with E-state index in [1.165, 1.54) is 6.33 Å². The molecule has 20 heavy (non-hydrogen) atoms. The van der Waals surface area contributed by atoms with Crippen molar-refractivity contribution in [1.82, 2.24) is 9.97 Å². The zero-order valence-corrected chi connectivity index (χ0v) is 12.6. The predicted octanol–water partition coefficient (Wildman–Crippen LogP) is 2.68. The molecule has 0 aliphatic carbocycles. The van der Waals surface area contributed by atoms with Crippen LogP contribution in [0.4, 0.5) is 11.6 Å². The summed E-state index contributed by atoms with van der Waals surface area (Å²) in [6.45, 7) is 5.36. The van der Waals surface area contributed by atoms with Gasteiger partial charge in [-0.1, -0.05) is 6.92 Å². The van der Waals surface area contributed by atoms with E-state index in [1.807, 2.05) is 23.8 Å². The van der Waals surface area contributed by atoms with Crippen molar-refractivity contribution < 1.29 is 5.11 Å². The minimum Gasteiger partial charge on any atom is -0.387 e. The molecular formula is C14H20N4OS. The molecule has 0 aromatic carbocycles. The molecule has 0 saturated carbocycles. The first-order valence-corrected chi connectivity index (χ1v) is 7.72. The number of aliphatic hydroxyl groups excluding tert-OH is 1. The second kappa shape index (κ2) is 7.21. The summed E-state index contributed by atoms with van der Waals surface area (Å²) in [6.07, 6.45) is 1.85. The summed E-state index contributed by atoms with van der Waals surface area (Å²) in [5.74, 6) is 1.64. The Morgan fingerprint density at radius 1 is 1.25 bits per heavy atom. The van der Waals surface area contributed by atoms with E-state index in [9.17, 15) is 5.11 Å². The second-order valence-electron chi connectivity index (χ2n) is 4.39. The maximum absolute atomic E-state index is 10.1. The Kier molecular flexibility index (Phi) is 5.31. The van der Waals surface area contributed by atoms with E-state index in [4.69, 9.17) is 0 Å². The molecule has 0 aliphatic rings. The zero-order chi connectivity index (χ0) is 14.4. The van der Waals surface area contributed by atoms with Crippen LogP contribution in [0.15, 0.2) is 23.2 Å². The summed E-state index contributed by atoms with van der Waals surface area (Å²) in [6, 6.07) is 1.93. The Labute approximate surface area is 123 Å². The van der Waals surface area contributed by atoms with Crippen molar-refractivity contribution in [2.75, 3.05) is 23.7 Å². The number of thiophene rings is 1. The number of hydrogen-bond donors (Lipinski definition) is 3. The molecule has 0 fully saturated rings. The molecule has 6 heteroatoms. The van der Waals surface area contributed by atoms with Crippen LogP contribution >= 0.6 is 11.3 Å². The van der Waals surface area contributed by atoms with Crippen molar-refractivity contribution >= 4 is 23.0 Å². The van der Waals surface area contributed by atoms with Crippen molar-refractivity contribution in [2.45, 2.75) is 26.4 Å². The third-order valence-electron chi connectivity index (χ3n) is 3.03. The Balaban J connectivity index is 2.07. The molecule has 2 heterocycles. The van der Waals surface area contributed by atoms with Gasteiger partial charge in [0.15, 0.2) is 0 Å². The molecule has 3 N–H and O–H groups in total. The van der Waals surface area contributed by atoms with Gasteiger partial charge in [-0.2, -0.15) is 11.3 Å². The summed E-state index contributed by atoms with van der Waals surface area (Å²) in [5, 5.41) is 20.5. The number of nitrogens with one attached hydrogen (secondary N) is 2. The van der Waals surface area contributed by atoms with Crippen LogP contribution in [-0.4, -0.2) is 28.2 Å². The standard InChI is InChI=1S/C14H20N4OS/c1-3-11-13(15-4-2)17-9-18-14(11)16-7-12(19)10-5-6-20-8-10/h5-6,8-9,12,19H,3-4,7H2,1-2H3,(H2,15,16,17,18). The largest absolute Gasteiger partial charge is 0.387 e. The van der Waals surface area contributed by atoms with Gasteiger partial charge in [0.25, 0.3) is 0 Å². The number of hydrogen-bond acceptors (Lipinski definition) is 6. The summed E-state index contributed by atoms with van der Waals surface area (Å²) >= 11 is 1.58. The van der Waals surface area contributed by atoms with Crippen molar-refractivity contribution in [3.05, 3.63) is 34.3 Å². The van der Waals surface area contributed by atoms with Gasteiger partial charge in [-0.3, -0.25) is 0 Å². The highest BCUT2D eigenvalue weighted by molar-refractivity contribution is 7.07. The minimum atomic E-state index is -0.525. The maximum Gasteiger partial charge on any atom is 0.134 e. The summed E-state index contributed by atoms with van der Waals surface area (Å²) in [4.78, 5) is 8.53. The van der Waals surface area contributed by atoms with E-state index in [-0.39, 0.29) is 0 Å². The van der Waals surface area contributed by atoms with Gasteiger partial charge in [0.2, 0.25) is 0 Å². The predicted molar refractivity (Wildman–Crippen MR) is 83.3 cm³/mol. The highest BCUT2D eigenvalue weighted by atomic mass is 32.1. The van der Waals surface area contributed by atoms with Crippen LogP contribution in [0.25, 0.3) is 0 Å². The number of rotatable bonds is 7. The topological polar surface area (TPSA) is 70.1 Å². The quantitative estimate of drug-likeness (QED) is 0.732. The highest BCUT2D eigenvalue weighted by Gasteiger charge is 2.12. The van der Waals surface area contributed by atoms with E-state index in [1.54, 1.807) is 11.3 Å². The zero-order valence-electron chi connectivity index (χ0n) is 11.8. The van der Waals surface area contributed by atoms with Crippen molar-refractivity contribution in [2.24, 2.45) is 0 Å². The molecule has 1 unspecified atom stereocenters. The molecule has 2 rings (SSSR count).